The van der Waals surface area contributed by atoms with E-state index in [4.69, 9.17) is 5.26 Å². The average Bonchev–Trinajstić information content (AvgIpc) is 2.67. The molecule has 0 saturated carbocycles. The number of sulfonamides is 1. The molecule has 2 rings (SSSR count). The van der Waals surface area contributed by atoms with Gasteiger partial charge in [0.1, 0.15) is 11.4 Å². The van der Waals surface area contributed by atoms with E-state index in [9.17, 15) is 26.4 Å². The molecule has 0 fully saturated rings. The lowest BCUT2D eigenvalue weighted by molar-refractivity contribution is -0.162. The van der Waals surface area contributed by atoms with Crippen molar-refractivity contribution in [2.75, 3.05) is 20.1 Å². The number of carbonyl (C=O) groups is 1. The Labute approximate surface area is 166 Å². The summed E-state index contributed by atoms with van der Waals surface area (Å²) in [6.07, 6.45) is -2.21. The number of nitriles is 1. The van der Waals surface area contributed by atoms with Crippen LogP contribution in [-0.2, 0) is 21.4 Å². The minimum Gasteiger partial charge on any atom is -0.328 e. The summed E-state index contributed by atoms with van der Waals surface area (Å²) in [5, 5.41) is 8.79. The molecule has 11 heteroatoms. The van der Waals surface area contributed by atoms with E-state index in [-0.39, 0.29) is 11.4 Å². The quantitative estimate of drug-likeness (QED) is 0.676. The molecule has 0 unspecified atom stereocenters. The van der Waals surface area contributed by atoms with Crippen molar-refractivity contribution in [3.63, 3.8) is 0 Å². The van der Waals surface area contributed by atoms with Crippen molar-refractivity contribution in [2.24, 2.45) is 0 Å². The van der Waals surface area contributed by atoms with E-state index in [1.54, 1.807) is 0 Å². The summed E-state index contributed by atoms with van der Waals surface area (Å²) in [5.41, 5.74) is 0.698. The molecule has 29 heavy (non-hydrogen) atoms. The maximum absolute atomic E-state index is 12.9. The second kappa shape index (κ2) is 9.02. The molecule has 0 atom stereocenters. The van der Waals surface area contributed by atoms with Crippen LogP contribution in [0.25, 0.3) is 0 Å². The second-order valence-corrected chi connectivity index (χ2v) is 8.17. The van der Waals surface area contributed by atoms with Gasteiger partial charge in [-0.3, -0.25) is 9.78 Å². The molecule has 154 valence electrons. The first-order valence-electron chi connectivity index (χ1n) is 8.23. The number of aromatic nitrogens is 1. The van der Waals surface area contributed by atoms with E-state index in [1.165, 1.54) is 42.6 Å². The number of carbonyl (C=O) groups excluding carboxylic acids is 1. The zero-order valence-corrected chi connectivity index (χ0v) is 16.1. The predicted octanol–water partition coefficient (Wildman–Crippen LogP) is 2.16. The maximum Gasteiger partial charge on any atom is 0.406 e. The van der Waals surface area contributed by atoms with Gasteiger partial charge in [0.05, 0.1) is 18.2 Å². The van der Waals surface area contributed by atoms with Gasteiger partial charge in [0.15, 0.2) is 0 Å². The number of alkyl halides is 3. The smallest absolute Gasteiger partial charge is 0.328 e. The van der Waals surface area contributed by atoms with Crippen LogP contribution in [0, 0.1) is 11.3 Å². The van der Waals surface area contributed by atoms with Crippen molar-refractivity contribution in [1.29, 1.82) is 5.26 Å². The molecular weight excluding hydrogens is 409 g/mol. The first-order valence-corrected chi connectivity index (χ1v) is 9.67. The van der Waals surface area contributed by atoms with Crippen LogP contribution < -0.4 is 0 Å². The van der Waals surface area contributed by atoms with E-state index in [2.05, 4.69) is 4.98 Å². The Morgan fingerprint density at radius 2 is 1.86 bits per heavy atom. The van der Waals surface area contributed by atoms with Gasteiger partial charge in [0.2, 0.25) is 15.9 Å². The SMILES string of the molecule is CN(CC(=O)N(Cc1ccc(C#N)cc1)CC(F)(F)F)S(=O)(=O)c1cccnc1. The third-order valence-corrected chi connectivity index (χ3v) is 5.67. The Morgan fingerprint density at radius 1 is 1.21 bits per heavy atom. The molecule has 0 aliphatic rings. The lowest BCUT2D eigenvalue weighted by atomic mass is 10.1. The lowest BCUT2D eigenvalue weighted by Gasteiger charge is -2.26. The average molecular weight is 426 g/mol. The first-order chi connectivity index (χ1) is 13.5. The molecule has 1 aromatic carbocycles. The molecule has 7 nitrogen and oxygen atoms in total. The van der Waals surface area contributed by atoms with E-state index in [0.29, 0.717) is 20.3 Å². The van der Waals surface area contributed by atoms with Crippen LogP contribution in [-0.4, -0.2) is 54.8 Å². The number of amides is 1. The van der Waals surface area contributed by atoms with Gasteiger partial charge in [-0.1, -0.05) is 12.1 Å². The summed E-state index contributed by atoms with van der Waals surface area (Å²) in [7, 11) is -2.98. The van der Waals surface area contributed by atoms with Crippen LogP contribution in [0.4, 0.5) is 13.2 Å². The van der Waals surface area contributed by atoms with Crippen LogP contribution in [0.1, 0.15) is 11.1 Å². The van der Waals surface area contributed by atoms with Crippen molar-refractivity contribution in [3.8, 4) is 6.07 Å². The number of rotatable bonds is 7. The van der Waals surface area contributed by atoms with E-state index in [0.717, 1.165) is 13.2 Å². The molecule has 0 aliphatic carbocycles. The summed E-state index contributed by atoms with van der Waals surface area (Å²) in [6, 6.07) is 10.3. The normalized spacial score (nSPS) is 11.9. The highest BCUT2D eigenvalue weighted by molar-refractivity contribution is 7.89. The number of hydrogen-bond acceptors (Lipinski definition) is 5. The molecule has 1 aromatic heterocycles. The number of pyridine rings is 1. The van der Waals surface area contributed by atoms with Crippen molar-refractivity contribution in [1.82, 2.24) is 14.2 Å². The zero-order valence-electron chi connectivity index (χ0n) is 15.3. The van der Waals surface area contributed by atoms with Gasteiger partial charge < -0.3 is 4.90 Å². The standard InChI is InChI=1S/C18H17F3N4O3S/c1-24(29(27,28)16-3-2-8-23-10-16)12-17(26)25(13-18(19,20)21)11-15-6-4-14(9-22)5-7-15/h2-8,10H,11-13H2,1H3. The summed E-state index contributed by atoms with van der Waals surface area (Å²) < 4.78 is 64.4. The van der Waals surface area contributed by atoms with Crippen LogP contribution in [0.5, 0.6) is 0 Å². The summed E-state index contributed by atoms with van der Waals surface area (Å²) in [5.74, 6) is -1.01. The van der Waals surface area contributed by atoms with Gasteiger partial charge >= 0.3 is 6.18 Å². The minimum absolute atomic E-state index is 0.176. The Hall–Kier alpha value is -2.97. The van der Waals surface area contributed by atoms with Gasteiger partial charge in [0, 0.05) is 26.0 Å². The van der Waals surface area contributed by atoms with E-state index in [1.807, 2.05) is 6.07 Å². The Balaban J connectivity index is 2.19. The monoisotopic (exact) mass is 426 g/mol. The van der Waals surface area contributed by atoms with E-state index < -0.39 is 35.2 Å². The maximum atomic E-state index is 12.9. The molecule has 1 heterocycles. The topological polar surface area (TPSA) is 94.4 Å². The highest BCUT2D eigenvalue weighted by atomic mass is 32.2. The molecule has 2 aromatic rings. The Morgan fingerprint density at radius 3 is 2.38 bits per heavy atom. The Kier molecular flexibility index (Phi) is 6.94. The molecule has 0 bridgehead atoms. The summed E-state index contributed by atoms with van der Waals surface area (Å²) in [4.78, 5) is 16.5. The first kappa shape index (κ1) is 22.3. The van der Waals surface area contributed by atoms with Crippen molar-refractivity contribution < 1.29 is 26.4 Å². The molecule has 1 amide bonds. The van der Waals surface area contributed by atoms with Crippen LogP contribution >= 0.6 is 0 Å². The predicted molar refractivity (Wildman–Crippen MR) is 96.7 cm³/mol. The fourth-order valence-corrected chi connectivity index (χ4v) is 3.49. The largest absolute Gasteiger partial charge is 0.406 e. The minimum atomic E-state index is -4.66. The summed E-state index contributed by atoms with van der Waals surface area (Å²) in [6.45, 7) is -2.69. The number of likely N-dealkylation sites (N-methyl/N-ethyl adjacent to an activating group) is 1. The number of nitrogens with zero attached hydrogens (tertiary/aromatic N) is 4. The van der Waals surface area contributed by atoms with Crippen molar-refractivity contribution in [2.45, 2.75) is 17.6 Å². The van der Waals surface area contributed by atoms with Gasteiger partial charge in [-0.2, -0.15) is 22.7 Å². The second-order valence-electron chi connectivity index (χ2n) is 6.12. The highest BCUT2D eigenvalue weighted by Gasteiger charge is 2.34. The van der Waals surface area contributed by atoms with Crippen LogP contribution in [0.2, 0.25) is 0 Å². The van der Waals surface area contributed by atoms with Crippen molar-refractivity contribution >= 4 is 15.9 Å². The van der Waals surface area contributed by atoms with Gasteiger partial charge in [0.25, 0.3) is 0 Å². The molecule has 0 N–H and O–H groups in total. The fourth-order valence-electron chi connectivity index (χ4n) is 2.41. The third kappa shape index (κ3) is 6.27. The van der Waals surface area contributed by atoms with Crippen LogP contribution in [0.3, 0.4) is 0 Å². The molecule has 0 spiro atoms. The zero-order chi connectivity index (χ0) is 21.7. The molecule has 0 radical (unpaired) electrons. The number of halogens is 3. The molecular formula is C18H17F3N4O3S. The Bertz CT molecular complexity index is 988. The van der Waals surface area contributed by atoms with Gasteiger partial charge in [-0.25, -0.2) is 8.42 Å². The van der Waals surface area contributed by atoms with Crippen LogP contribution in [0.15, 0.2) is 53.7 Å². The fraction of sp³-hybridized carbons (Fsp3) is 0.278. The molecule has 0 aliphatic heterocycles. The van der Waals surface area contributed by atoms with Gasteiger partial charge in [-0.15, -0.1) is 0 Å². The summed E-state index contributed by atoms with van der Waals surface area (Å²) >= 11 is 0. The van der Waals surface area contributed by atoms with Crippen molar-refractivity contribution in [3.05, 3.63) is 59.9 Å². The highest BCUT2D eigenvalue weighted by Crippen LogP contribution is 2.20. The van der Waals surface area contributed by atoms with E-state index >= 15 is 0 Å². The third-order valence-electron chi connectivity index (χ3n) is 3.88. The number of hydrogen-bond donors (Lipinski definition) is 0. The van der Waals surface area contributed by atoms with Gasteiger partial charge in [-0.05, 0) is 29.8 Å². The lowest BCUT2D eigenvalue weighted by Crippen LogP contribution is -2.44. The molecule has 0 saturated heterocycles. The number of benzene rings is 1.